The monoisotopic (exact) mass is 515 g/mol. The maximum Gasteiger partial charge on any atom is 0.258 e. The fraction of sp³-hybridized carbons (Fsp3) is 0.0417. The molecule has 3 aromatic carbocycles. The Labute approximate surface area is 208 Å². The van der Waals surface area contributed by atoms with Gasteiger partial charge in [-0.05, 0) is 48.0 Å². The lowest BCUT2D eigenvalue weighted by molar-refractivity contribution is 0.102. The summed E-state index contributed by atoms with van der Waals surface area (Å²) in [7, 11) is 0. The molecule has 0 aliphatic rings. The van der Waals surface area contributed by atoms with Crippen LogP contribution in [0.5, 0.6) is 0 Å². The highest BCUT2D eigenvalue weighted by Crippen LogP contribution is 2.35. The number of carbonyl (C=O) groups is 1. The Morgan fingerprint density at radius 3 is 2.39 bits per heavy atom. The van der Waals surface area contributed by atoms with Crippen LogP contribution in [0.1, 0.15) is 21.7 Å². The van der Waals surface area contributed by atoms with Gasteiger partial charge in [-0.15, -0.1) is 0 Å². The normalized spacial score (nSPS) is 11.3. The highest BCUT2D eigenvalue weighted by atomic mass is 35.5. The van der Waals surface area contributed by atoms with Crippen LogP contribution in [-0.4, -0.2) is 20.5 Å². The van der Waals surface area contributed by atoms with Gasteiger partial charge in [0.25, 0.3) is 5.89 Å². The predicted octanol–water partition coefficient (Wildman–Crippen LogP) is 7.58. The minimum atomic E-state index is -0.473. The summed E-state index contributed by atoms with van der Waals surface area (Å²) in [5.41, 5.74) is 2.45. The van der Waals surface area contributed by atoms with Gasteiger partial charge in [0.05, 0.1) is 17.6 Å². The molecule has 164 valence electrons. The molecule has 5 rings (SSSR count). The first-order valence-corrected chi connectivity index (χ1v) is 11.3. The fourth-order valence-corrected chi connectivity index (χ4v) is 4.59. The van der Waals surface area contributed by atoms with E-state index in [4.69, 9.17) is 50.9 Å². The number of aromatic nitrogens is 3. The molecule has 0 spiro atoms. The zero-order valence-corrected chi connectivity index (χ0v) is 19.8. The van der Waals surface area contributed by atoms with E-state index >= 15 is 0 Å². The Morgan fingerprint density at radius 1 is 0.909 bits per heavy atom. The van der Waals surface area contributed by atoms with E-state index in [-0.39, 0.29) is 22.4 Å². The highest BCUT2D eigenvalue weighted by Gasteiger charge is 2.27. The van der Waals surface area contributed by atoms with E-state index in [1.165, 1.54) is 0 Å². The van der Waals surface area contributed by atoms with E-state index < -0.39 is 5.78 Å². The van der Waals surface area contributed by atoms with E-state index in [1.807, 2.05) is 36.4 Å². The molecule has 0 unspecified atom stereocenters. The average molecular weight is 517 g/mol. The van der Waals surface area contributed by atoms with Crippen LogP contribution in [0.15, 0.2) is 71.3 Å². The van der Waals surface area contributed by atoms with Crippen molar-refractivity contribution < 1.29 is 9.32 Å². The van der Waals surface area contributed by atoms with Crippen LogP contribution in [0.2, 0.25) is 20.2 Å². The lowest BCUT2D eigenvalue weighted by Crippen LogP contribution is -2.06. The van der Waals surface area contributed by atoms with Crippen molar-refractivity contribution in [3.63, 3.8) is 0 Å². The van der Waals surface area contributed by atoms with E-state index in [2.05, 4.69) is 10.1 Å². The first-order chi connectivity index (χ1) is 15.9. The van der Waals surface area contributed by atoms with E-state index in [0.717, 1.165) is 5.56 Å². The second kappa shape index (κ2) is 8.84. The minimum Gasteiger partial charge on any atom is -0.333 e. The molecule has 0 saturated carbocycles. The molecule has 0 saturated heterocycles. The predicted molar refractivity (Wildman–Crippen MR) is 131 cm³/mol. The summed E-state index contributed by atoms with van der Waals surface area (Å²) in [5.74, 6) is -0.330. The number of fused-ring (bicyclic) bond motifs is 1. The van der Waals surface area contributed by atoms with Crippen molar-refractivity contribution in [3.8, 4) is 11.5 Å². The zero-order chi connectivity index (χ0) is 23.1. The average Bonchev–Trinajstić information content (AvgIpc) is 3.39. The molecule has 2 heterocycles. The molecule has 0 amide bonds. The molecule has 0 aliphatic carbocycles. The van der Waals surface area contributed by atoms with Gasteiger partial charge in [-0.25, -0.2) is 0 Å². The summed E-state index contributed by atoms with van der Waals surface area (Å²) < 4.78 is 7.10. The lowest BCUT2D eigenvalue weighted by atomic mass is 10.1. The van der Waals surface area contributed by atoms with Gasteiger partial charge in [-0.3, -0.25) is 4.79 Å². The Balaban J connectivity index is 1.61. The molecule has 0 atom stereocenters. The lowest BCUT2D eigenvalue weighted by Gasteiger charge is -2.09. The second-order valence-corrected chi connectivity index (χ2v) is 8.91. The number of rotatable bonds is 5. The third-order valence-corrected chi connectivity index (χ3v) is 6.40. The highest BCUT2D eigenvalue weighted by molar-refractivity contribution is 6.38. The standard InChI is InChI=1S/C24H13Cl4N3O2/c25-15-8-9-19-17(10-15)20(22(28)31(19)12-14-6-7-16(26)11-18(14)27)21(32)23-29-24(33-30-23)13-4-2-1-3-5-13/h1-11H,12H2. The number of carbonyl (C=O) groups excluding carboxylic acids is 1. The maximum absolute atomic E-state index is 13.4. The summed E-state index contributed by atoms with van der Waals surface area (Å²) in [5, 5.41) is 6.17. The third kappa shape index (κ3) is 4.13. The quantitative estimate of drug-likeness (QED) is 0.226. The first-order valence-electron chi connectivity index (χ1n) is 9.77. The molecule has 0 aliphatic heterocycles. The first kappa shape index (κ1) is 22.0. The summed E-state index contributed by atoms with van der Waals surface area (Å²) in [4.78, 5) is 17.7. The van der Waals surface area contributed by atoms with Crippen LogP contribution in [0.25, 0.3) is 22.4 Å². The van der Waals surface area contributed by atoms with Crippen LogP contribution in [0.4, 0.5) is 0 Å². The summed E-state index contributed by atoms with van der Waals surface area (Å²) in [6.45, 7) is 0.321. The van der Waals surface area contributed by atoms with Gasteiger partial charge in [0.2, 0.25) is 11.6 Å². The molecule has 5 aromatic rings. The van der Waals surface area contributed by atoms with E-state index in [9.17, 15) is 4.79 Å². The molecular formula is C24H13Cl4N3O2. The molecule has 0 fully saturated rings. The van der Waals surface area contributed by atoms with E-state index in [1.54, 1.807) is 34.9 Å². The van der Waals surface area contributed by atoms with Gasteiger partial charge in [-0.1, -0.05) is 75.8 Å². The second-order valence-electron chi connectivity index (χ2n) is 7.27. The van der Waals surface area contributed by atoms with Gasteiger partial charge in [0.15, 0.2) is 0 Å². The maximum atomic E-state index is 13.4. The number of hydrogen-bond acceptors (Lipinski definition) is 4. The Morgan fingerprint density at radius 2 is 1.64 bits per heavy atom. The van der Waals surface area contributed by atoms with Crippen molar-refractivity contribution in [2.75, 3.05) is 0 Å². The van der Waals surface area contributed by atoms with Crippen LogP contribution in [0, 0.1) is 0 Å². The van der Waals surface area contributed by atoms with Crippen LogP contribution in [-0.2, 0) is 6.54 Å². The van der Waals surface area contributed by atoms with Crippen molar-refractivity contribution >= 4 is 63.1 Å². The number of benzene rings is 3. The minimum absolute atomic E-state index is 0.0979. The van der Waals surface area contributed by atoms with Crippen LogP contribution >= 0.6 is 46.4 Å². The van der Waals surface area contributed by atoms with Crippen molar-refractivity contribution in [2.24, 2.45) is 0 Å². The molecule has 0 bridgehead atoms. The molecule has 33 heavy (non-hydrogen) atoms. The van der Waals surface area contributed by atoms with Gasteiger partial charge in [0, 0.05) is 26.0 Å². The van der Waals surface area contributed by atoms with Crippen molar-refractivity contribution in [1.82, 2.24) is 14.7 Å². The molecule has 9 heteroatoms. The molecule has 0 N–H and O–H groups in total. The summed E-state index contributed by atoms with van der Waals surface area (Å²) in [6.07, 6.45) is 0. The van der Waals surface area contributed by atoms with Gasteiger partial charge < -0.3 is 9.09 Å². The van der Waals surface area contributed by atoms with Gasteiger partial charge >= 0.3 is 0 Å². The third-order valence-electron chi connectivity index (χ3n) is 5.18. The number of nitrogens with zero attached hydrogens (tertiary/aromatic N) is 3. The zero-order valence-electron chi connectivity index (χ0n) is 16.7. The Hall–Kier alpha value is -2.83. The fourth-order valence-electron chi connectivity index (χ4n) is 3.61. The number of hydrogen-bond donors (Lipinski definition) is 0. The van der Waals surface area contributed by atoms with E-state index in [0.29, 0.717) is 38.1 Å². The van der Waals surface area contributed by atoms with Crippen LogP contribution < -0.4 is 0 Å². The van der Waals surface area contributed by atoms with Crippen molar-refractivity contribution in [2.45, 2.75) is 6.54 Å². The molecule has 5 nitrogen and oxygen atoms in total. The topological polar surface area (TPSA) is 60.9 Å². The largest absolute Gasteiger partial charge is 0.333 e. The Kier molecular flexibility index (Phi) is 5.89. The smallest absolute Gasteiger partial charge is 0.258 e. The van der Waals surface area contributed by atoms with Crippen molar-refractivity contribution in [1.29, 1.82) is 0 Å². The summed E-state index contributed by atoms with van der Waals surface area (Å²) >= 11 is 25.4. The van der Waals surface area contributed by atoms with Crippen LogP contribution in [0.3, 0.4) is 0 Å². The van der Waals surface area contributed by atoms with Crippen molar-refractivity contribution in [3.05, 3.63) is 104 Å². The molecular weight excluding hydrogens is 504 g/mol. The SMILES string of the molecule is O=C(c1noc(-c2ccccc2)n1)c1c(Cl)n(Cc2ccc(Cl)cc2Cl)c2ccc(Cl)cc12. The van der Waals surface area contributed by atoms with Gasteiger partial charge in [0.1, 0.15) is 5.15 Å². The molecule has 2 aromatic heterocycles. The summed E-state index contributed by atoms with van der Waals surface area (Å²) in [6, 6.07) is 19.6. The number of ketones is 1. The molecule has 0 radical (unpaired) electrons. The number of halogens is 4. The van der Waals surface area contributed by atoms with Gasteiger partial charge in [-0.2, -0.15) is 4.98 Å². The Bertz CT molecular complexity index is 1510.